The molecule has 0 unspecified atom stereocenters. The van der Waals surface area contributed by atoms with Crippen molar-refractivity contribution in [1.82, 2.24) is 0 Å². The van der Waals surface area contributed by atoms with Gasteiger partial charge in [0, 0.05) is 45.5 Å². The van der Waals surface area contributed by atoms with Gasteiger partial charge in [-0.2, -0.15) is 0 Å². The Kier molecular flexibility index (Phi) is 24.3. The summed E-state index contributed by atoms with van der Waals surface area (Å²) in [7, 11) is 3.28. The fourth-order valence-corrected chi connectivity index (χ4v) is 6.71. The molecule has 6 aromatic carbocycles. The minimum atomic E-state index is -0.444. The normalized spacial score (nSPS) is 9.88. The first-order valence-corrected chi connectivity index (χ1v) is 24.5. The van der Waals surface area contributed by atoms with Crippen LogP contribution in [-0.4, -0.2) is 58.6 Å². The maximum absolute atomic E-state index is 12.5. The Balaban J connectivity index is 0.000000274. The summed E-state index contributed by atoms with van der Waals surface area (Å²) >= 11 is 0. The molecule has 0 atom stereocenters. The molecule has 0 bridgehead atoms. The average molecular weight is 991 g/mol. The number of rotatable bonds is 22. The summed E-state index contributed by atoms with van der Waals surface area (Å²) in [6, 6.07) is 43.1. The van der Waals surface area contributed by atoms with Gasteiger partial charge in [0.15, 0.2) is 0 Å². The van der Waals surface area contributed by atoms with Crippen molar-refractivity contribution in [2.45, 2.75) is 58.3 Å². The van der Waals surface area contributed by atoms with Crippen LogP contribution in [-0.2, 0) is 19.1 Å². The Labute approximate surface area is 436 Å². The van der Waals surface area contributed by atoms with E-state index in [9.17, 15) is 14.4 Å². The Morgan fingerprint density at radius 3 is 1.18 bits per heavy atom. The molecular formula is C64H62O10. The first kappa shape index (κ1) is 56.0. The molecule has 0 aliphatic carbocycles. The fourth-order valence-electron chi connectivity index (χ4n) is 6.71. The molecule has 0 aliphatic heterocycles. The average Bonchev–Trinajstić information content (AvgIpc) is 3.44. The van der Waals surface area contributed by atoms with E-state index in [1.54, 1.807) is 50.6 Å². The highest BCUT2D eigenvalue weighted by atomic mass is 16.5. The molecule has 0 amide bonds. The quantitative estimate of drug-likeness (QED) is 0.0214. The van der Waals surface area contributed by atoms with Crippen LogP contribution in [0.15, 0.2) is 165 Å². The van der Waals surface area contributed by atoms with E-state index < -0.39 is 5.97 Å². The molecule has 0 aromatic heterocycles. The number of hydrogen-bond donors (Lipinski definition) is 0. The summed E-state index contributed by atoms with van der Waals surface area (Å²) in [6.07, 6.45) is 9.82. The second-order valence-corrected chi connectivity index (χ2v) is 16.5. The van der Waals surface area contributed by atoms with Crippen molar-refractivity contribution < 1.29 is 47.5 Å². The first-order chi connectivity index (χ1) is 36.1. The van der Waals surface area contributed by atoms with Gasteiger partial charge in [-0.25, -0.2) is 14.4 Å². The number of unbranched alkanes of at least 4 members (excludes halogenated alkanes) is 6. The second-order valence-electron chi connectivity index (χ2n) is 16.5. The van der Waals surface area contributed by atoms with Crippen LogP contribution in [0, 0.1) is 42.4 Å². The lowest BCUT2D eigenvalue weighted by Crippen LogP contribution is -2.08. The number of ether oxygens (including phenoxy) is 7. The van der Waals surface area contributed by atoms with Crippen LogP contribution in [0.4, 0.5) is 0 Å². The van der Waals surface area contributed by atoms with Crippen molar-refractivity contribution >= 4 is 17.9 Å². The SMILES string of the molecule is C=CC(=O)OCCCCCCOc1ccc(C#Cc2ccc(C#Cc3ccc(OC)cc3)cc2C)cc1.C=CC(=O)OCCCCCCOc1ccc(C(=O)Oc2ccc(C#Cc3ccc(OC)cc3)cc2)cc1. The number of methoxy groups -OCH3 is 2. The minimum Gasteiger partial charge on any atom is -0.497 e. The van der Waals surface area contributed by atoms with Gasteiger partial charge in [0.2, 0.25) is 0 Å². The Bertz CT molecular complexity index is 2920. The molecule has 378 valence electrons. The van der Waals surface area contributed by atoms with Crippen molar-refractivity contribution in [2.24, 2.45) is 0 Å². The van der Waals surface area contributed by atoms with Crippen molar-refractivity contribution in [3.63, 3.8) is 0 Å². The molecule has 0 heterocycles. The summed E-state index contributed by atoms with van der Waals surface area (Å²) in [5, 5.41) is 0. The van der Waals surface area contributed by atoms with Crippen LogP contribution in [0.3, 0.4) is 0 Å². The predicted octanol–water partition coefficient (Wildman–Crippen LogP) is 12.5. The minimum absolute atomic E-state index is 0.365. The molecule has 0 saturated heterocycles. The van der Waals surface area contributed by atoms with Crippen molar-refractivity contribution in [3.8, 4) is 64.3 Å². The molecule has 6 rings (SSSR count). The number of aryl methyl sites for hydroxylation is 1. The Morgan fingerprint density at radius 2 is 0.770 bits per heavy atom. The van der Waals surface area contributed by atoms with E-state index in [1.165, 1.54) is 6.08 Å². The topological polar surface area (TPSA) is 116 Å². The third-order valence-electron chi connectivity index (χ3n) is 10.9. The van der Waals surface area contributed by atoms with Crippen LogP contribution >= 0.6 is 0 Å². The Hall–Kier alpha value is -8.91. The van der Waals surface area contributed by atoms with Crippen LogP contribution in [0.5, 0.6) is 28.7 Å². The van der Waals surface area contributed by atoms with Gasteiger partial charge in [-0.15, -0.1) is 0 Å². The summed E-state index contributed by atoms with van der Waals surface area (Å²) in [6.45, 7) is 10.9. The van der Waals surface area contributed by atoms with E-state index in [1.807, 2.05) is 104 Å². The summed E-state index contributed by atoms with van der Waals surface area (Å²) in [5.41, 5.74) is 7.03. The lowest BCUT2D eigenvalue weighted by molar-refractivity contribution is -0.138. The molecule has 0 spiro atoms. The number of hydrogen-bond acceptors (Lipinski definition) is 10. The van der Waals surface area contributed by atoms with E-state index in [0.29, 0.717) is 43.5 Å². The third-order valence-corrected chi connectivity index (χ3v) is 10.9. The van der Waals surface area contributed by atoms with E-state index in [4.69, 9.17) is 33.2 Å². The van der Waals surface area contributed by atoms with Gasteiger partial charge in [-0.1, -0.05) is 48.7 Å². The third kappa shape index (κ3) is 21.2. The van der Waals surface area contributed by atoms with Gasteiger partial charge in [-0.05, 0) is 203 Å². The molecule has 0 radical (unpaired) electrons. The van der Waals surface area contributed by atoms with E-state index >= 15 is 0 Å². The second kappa shape index (κ2) is 32.1. The molecule has 0 aliphatic rings. The maximum Gasteiger partial charge on any atom is 0.343 e. The van der Waals surface area contributed by atoms with E-state index in [2.05, 4.69) is 54.7 Å². The number of carbonyl (C=O) groups excluding carboxylic acids is 3. The largest absolute Gasteiger partial charge is 0.497 e. The highest BCUT2D eigenvalue weighted by Gasteiger charge is 2.09. The highest BCUT2D eigenvalue weighted by molar-refractivity contribution is 5.91. The van der Waals surface area contributed by atoms with Crippen molar-refractivity contribution in [2.75, 3.05) is 40.6 Å². The molecular weight excluding hydrogens is 929 g/mol. The van der Waals surface area contributed by atoms with Gasteiger partial charge in [-0.3, -0.25) is 0 Å². The van der Waals surface area contributed by atoms with E-state index in [0.717, 1.165) is 114 Å². The van der Waals surface area contributed by atoms with Gasteiger partial charge in [0.25, 0.3) is 0 Å². The summed E-state index contributed by atoms with van der Waals surface area (Å²) < 4.78 is 37.3. The predicted molar refractivity (Wildman–Crippen MR) is 290 cm³/mol. The van der Waals surface area contributed by atoms with Crippen LogP contribution < -0.4 is 23.7 Å². The van der Waals surface area contributed by atoms with Crippen molar-refractivity contribution in [1.29, 1.82) is 0 Å². The zero-order valence-electron chi connectivity index (χ0n) is 42.4. The Morgan fingerprint density at radius 1 is 0.419 bits per heavy atom. The summed E-state index contributed by atoms with van der Waals surface area (Å²) in [5.74, 6) is 21.4. The van der Waals surface area contributed by atoms with Crippen molar-refractivity contribution in [3.05, 3.63) is 209 Å². The van der Waals surface area contributed by atoms with Gasteiger partial charge < -0.3 is 33.2 Å². The smallest absolute Gasteiger partial charge is 0.343 e. The molecule has 10 nitrogen and oxygen atoms in total. The number of benzene rings is 6. The fraction of sp³-hybridized carbons (Fsp3) is 0.234. The lowest BCUT2D eigenvalue weighted by Gasteiger charge is -2.08. The van der Waals surface area contributed by atoms with Gasteiger partial charge >= 0.3 is 17.9 Å². The van der Waals surface area contributed by atoms with Crippen LogP contribution in [0.25, 0.3) is 0 Å². The van der Waals surface area contributed by atoms with E-state index in [-0.39, 0.29) is 11.9 Å². The maximum atomic E-state index is 12.5. The van der Waals surface area contributed by atoms with Crippen LogP contribution in [0.1, 0.15) is 101 Å². The standard InChI is InChI=1S/C33H32O4.C31H30O6/c1-4-33(34)37-24-8-6-5-7-23-36-32-21-15-28(16-22-32)11-17-30-18-12-29(25-26(30)2)10-9-27-13-19-31(35-3)20-14-27;1-3-30(32)36-23-7-5-4-6-22-35-28-20-14-26(15-21-28)31(33)37-29-18-12-25(13-19-29)9-8-24-10-16-27(34-2)17-11-24/h4,12-16,18-22,25H,1,5-8,23-24H2,2-3H3;3,10-21H,1,4-7,22-23H2,2H3. The number of esters is 3. The monoisotopic (exact) mass is 990 g/mol. The van der Waals surface area contributed by atoms with Gasteiger partial charge in [0.05, 0.1) is 46.2 Å². The van der Waals surface area contributed by atoms with Gasteiger partial charge in [0.1, 0.15) is 28.7 Å². The first-order valence-electron chi connectivity index (χ1n) is 24.5. The number of carbonyl (C=O) groups is 3. The zero-order chi connectivity index (χ0) is 52.6. The molecule has 6 aromatic rings. The molecule has 74 heavy (non-hydrogen) atoms. The molecule has 0 saturated carbocycles. The summed E-state index contributed by atoms with van der Waals surface area (Å²) in [4.78, 5) is 34.4. The van der Waals surface area contributed by atoms with Crippen LogP contribution in [0.2, 0.25) is 0 Å². The highest BCUT2D eigenvalue weighted by Crippen LogP contribution is 2.19. The lowest BCUT2D eigenvalue weighted by atomic mass is 10.0. The molecule has 10 heteroatoms. The molecule has 0 N–H and O–H groups in total. The molecule has 0 fully saturated rings. The zero-order valence-corrected chi connectivity index (χ0v) is 42.4.